The van der Waals surface area contributed by atoms with Crippen LogP contribution in [0.5, 0.6) is 0 Å². The fourth-order valence-corrected chi connectivity index (χ4v) is 2.53. The smallest absolute Gasteiger partial charge is 0.288 e. The quantitative estimate of drug-likeness (QED) is 0.492. The van der Waals surface area contributed by atoms with E-state index in [0.29, 0.717) is 16.0 Å². The van der Waals surface area contributed by atoms with Gasteiger partial charge in [0.25, 0.3) is 0 Å². The van der Waals surface area contributed by atoms with Crippen LogP contribution in [0.1, 0.15) is 33.3 Å². The van der Waals surface area contributed by atoms with Crippen molar-refractivity contribution in [3.05, 3.63) is 57.3 Å². The molecule has 1 aromatic heterocycles. The van der Waals surface area contributed by atoms with Crippen molar-refractivity contribution in [1.29, 1.82) is 0 Å². The van der Waals surface area contributed by atoms with Gasteiger partial charge in [-0.15, -0.1) is 11.3 Å². The zero-order valence-electron chi connectivity index (χ0n) is 12.1. The van der Waals surface area contributed by atoms with E-state index in [2.05, 4.69) is 9.78 Å². The Labute approximate surface area is 131 Å². The minimum atomic E-state index is -0.702. The van der Waals surface area contributed by atoms with E-state index in [4.69, 9.17) is 0 Å². The summed E-state index contributed by atoms with van der Waals surface area (Å²) in [5.74, 6) is -1.49. The van der Waals surface area contributed by atoms with Gasteiger partial charge in [-0.25, -0.2) is 19.4 Å². The van der Waals surface area contributed by atoms with Gasteiger partial charge in [0.1, 0.15) is 0 Å². The van der Waals surface area contributed by atoms with Gasteiger partial charge in [-0.1, -0.05) is 18.2 Å². The Morgan fingerprint density at radius 3 is 2.55 bits per heavy atom. The molecular weight excluding hydrogens is 304 g/mol. The molecule has 2 aromatic rings. The fraction of sp³-hybridized carbons (Fsp3) is 0.188. The zero-order valence-corrected chi connectivity index (χ0v) is 12.9. The molecule has 6 heteroatoms. The van der Waals surface area contributed by atoms with Crippen LogP contribution in [0.4, 0.5) is 0 Å². The molecule has 0 atom stereocenters. The lowest BCUT2D eigenvalue weighted by atomic mass is 10.00. The Balaban J connectivity index is 2.15. The summed E-state index contributed by atoms with van der Waals surface area (Å²) in [5, 5.41) is 1.83. The van der Waals surface area contributed by atoms with Crippen molar-refractivity contribution in [3.63, 3.8) is 0 Å². The largest absolute Gasteiger partial charge is 0.359 e. The Bertz CT molecular complexity index is 703. The second kappa shape index (κ2) is 7.00. The van der Waals surface area contributed by atoms with Gasteiger partial charge in [0, 0.05) is 12.5 Å². The monoisotopic (exact) mass is 318 g/mol. The summed E-state index contributed by atoms with van der Waals surface area (Å²) in [5.41, 5.74) is 2.00. The molecule has 0 unspecified atom stereocenters. The first kappa shape index (κ1) is 15.9. The predicted molar refractivity (Wildman–Crippen MR) is 80.5 cm³/mol. The second-order valence-corrected chi connectivity index (χ2v) is 5.60. The third-order valence-corrected chi connectivity index (χ3v) is 3.81. The first-order valence-corrected chi connectivity index (χ1v) is 7.41. The van der Waals surface area contributed by atoms with E-state index >= 15 is 0 Å². The van der Waals surface area contributed by atoms with Crippen LogP contribution in [0, 0.1) is 6.92 Å². The van der Waals surface area contributed by atoms with Crippen LogP contribution in [0.25, 0.3) is 0 Å². The van der Waals surface area contributed by atoms with Crippen molar-refractivity contribution in [2.45, 2.75) is 20.3 Å². The maximum atomic E-state index is 12.3. The minimum absolute atomic E-state index is 0.0787. The molecule has 0 saturated heterocycles. The molecule has 114 valence electrons. The van der Waals surface area contributed by atoms with Gasteiger partial charge in [0.2, 0.25) is 5.78 Å². The second-order valence-electron chi connectivity index (χ2n) is 4.65. The Morgan fingerprint density at radius 1 is 1.14 bits per heavy atom. The van der Waals surface area contributed by atoms with E-state index < -0.39 is 11.9 Å². The molecule has 0 bridgehead atoms. The normalized spacial score (nSPS) is 10.1. The average Bonchev–Trinajstić information content (AvgIpc) is 3.01. The highest BCUT2D eigenvalue weighted by Crippen LogP contribution is 2.18. The van der Waals surface area contributed by atoms with Gasteiger partial charge >= 0.3 is 11.9 Å². The molecule has 0 spiro atoms. The van der Waals surface area contributed by atoms with Crippen LogP contribution in [0.15, 0.2) is 35.7 Å². The predicted octanol–water partition coefficient (Wildman–Crippen LogP) is 2.85. The van der Waals surface area contributed by atoms with E-state index in [0.717, 1.165) is 12.5 Å². The maximum absolute atomic E-state index is 12.3. The van der Waals surface area contributed by atoms with Crippen LogP contribution in [-0.2, 0) is 25.8 Å². The summed E-state index contributed by atoms with van der Waals surface area (Å²) in [6.07, 6.45) is -0.0787. The van der Waals surface area contributed by atoms with Crippen molar-refractivity contribution in [2.75, 3.05) is 0 Å². The lowest BCUT2D eigenvalue weighted by molar-refractivity contribution is -0.256. The third kappa shape index (κ3) is 4.02. The van der Waals surface area contributed by atoms with Crippen molar-refractivity contribution in [3.8, 4) is 0 Å². The maximum Gasteiger partial charge on any atom is 0.359 e. The van der Waals surface area contributed by atoms with E-state index in [9.17, 15) is 14.4 Å². The van der Waals surface area contributed by atoms with E-state index in [1.54, 1.807) is 24.3 Å². The molecule has 0 fully saturated rings. The van der Waals surface area contributed by atoms with E-state index in [1.807, 2.05) is 18.4 Å². The highest BCUT2D eigenvalue weighted by Gasteiger charge is 2.15. The van der Waals surface area contributed by atoms with E-state index in [1.165, 1.54) is 11.3 Å². The number of rotatable bonds is 4. The third-order valence-electron chi connectivity index (χ3n) is 2.94. The zero-order chi connectivity index (χ0) is 16.1. The van der Waals surface area contributed by atoms with Gasteiger partial charge < -0.3 is 0 Å². The molecule has 1 heterocycles. The SMILES string of the molecule is CC(=O)OOC(=O)Cc1cc(C(=O)c2cccs2)ccc1C. The van der Waals surface area contributed by atoms with E-state index in [-0.39, 0.29) is 12.2 Å². The standard InChI is InChI=1S/C16H14O5S/c1-10-5-6-12(16(19)14-4-3-7-22-14)8-13(10)9-15(18)21-20-11(2)17/h3-8H,9H2,1-2H3. The molecule has 0 radical (unpaired) electrons. The molecule has 0 aliphatic heterocycles. The number of aryl methyl sites for hydroxylation is 1. The molecule has 5 nitrogen and oxygen atoms in total. The summed E-state index contributed by atoms with van der Waals surface area (Å²) in [4.78, 5) is 43.7. The fourth-order valence-electron chi connectivity index (χ4n) is 1.84. The van der Waals surface area contributed by atoms with Crippen molar-refractivity contribution >= 4 is 29.1 Å². The molecule has 0 N–H and O–H groups in total. The molecule has 0 amide bonds. The van der Waals surface area contributed by atoms with Gasteiger partial charge in [-0.05, 0) is 35.6 Å². The summed E-state index contributed by atoms with van der Waals surface area (Å²) in [6, 6.07) is 8.71. The lowest BCUT2D eigenvalue weighted by Gasteiger charge is -2.07. The Kier molecular flexibility index (Phi) is 5.06. The van der Waals surface area contributed by atoms with Gasteiger partial charge in [0.05, 0.1) is 11.3 Å². The number of hydrogen-bond acceptors (Lipinski definition) is 6. The first-order valence-electron chi connectivity index (χ1n) is 6.53. The molecule has 0 saturated carbocycles. The van der Waals surface area contributed by atoms with Crippen LogP contribution in [0.2, 0.25) is 0 Å². The average molecular weight is 318 g/mol. The molecule has 2 rings (SSSR count). The van der Waals surface area contributed by atoms with Crippen molar-refractivity contribution in [2.24, 2.45) is 0 Å². The van der Waals surface area contributed by atoms with Gasteiger partial charge in [-0.2, -0.15) is 0 Å². The number of carbonyl (C=O) groups is 3. The van der Waals surface area contributed by atoms with Crippen LogP contribution >= 0.6 is 11.3 Å². The highest BCUT2D eigenvalue weighted by atomic mass is 32.1. The topological polar surface area (TPSA) is 69.7 Å². The van der Waals surface area contributed by atoms with Crippen LogP contribution in [-0.4, -0.2) is 17.7 Å². The van der Waals surface area contributed by atoms with Gasteiger partial charge in [0.15, 0.2) is 0 Å². The molecule has 22 heavy (non-hydrogen) atoms. The van der Waals surface area contributed by atoms with Crippen molar-refractivity contribution in [1.82, 2.24) is 0 Å². The number of thiophene rings is 1. The summed E-state index contributed by atoms with van der Waals surface area (Å²) >= 11 is 1.36. The summed E-state index contributed by atoms with van der Waals surface area (Å²) in [7, 11) is 0. The van der Waals surface area contributed by atoms with Crippen LogP contribution in [0.3, 0.4) is 0 Å². The first-order chi connectivity index (χ1) is 10.5. The summed E-state index contributed by atoms with van der Waals surface area (Å²) in [6.45, 7) is 2.96. The number of ketones is 1. The minimum Gasteiger partial charge on any atom is -0.288 e. The number of hydrogen-bond donors (Lipinski definition) is 0. The molecule has 1 aromatic carbocycles. The Morgan fingerprint density at radius 2 is 1.91 bits per heavy atom. The number of carbonyl (C=O) groups excluding carboxylic acids is 3. The Hall–Kier alpha value is -2.47. The number of benzene rings is 1. The highest BCUT2D eigenvalue weighted by molar-refractivity contribution is 7.12. The van der Waals surface area contributed by atoms with Gasteiger partial charge in [-0.3, -0.25) is 4.79 Å². The molecule has 0 aliphatic rings. The van der Waals surface area contributed by atoms with Crippen LogP contribution < -0.4 is 0 Å². The molecule has 0 aliphatic carbocycles. The lowest BCUT2D eigenvalue weighted by Crippen LogP contribution is -2.12. The van der Waals surface area contributed by atoms with Crippen molar-refractivity contribution < 1.29 is 24.2 Å². The summed E-state index contributed by atoms with van der Waals surface area (Å²) < 4.78 is 0. The molecular formula is C16H14O5S.